The van der Waals surface area contributed by atoms with Gasteiger partial charge in [0.15, 0.2) is 0 Å². The highest BCUT2D eigenvalue weighted by Gasteiger charge is 2.33. The van der Waals surface area contributed by atoms with Gasteiger partial charge in [-0.3, -0.25) is 0 Å². The zero-order valence-electron chi connectivity index (χ0n) is 16.6. The maximum atomic E-state index is 12.4. The summed E-state index contributed by atoms with van der Waals surface area (Å²) in [5.41, 5.74) is 4.70. The Morgan fingerprint density at radius 1 is 1.31 bits per heavy atom. The molecular formula is C20H29IO4Si. The lowest BCUT2D eigenvalue weighted by atomic mass is 9.95. The summed E-state index contributed by atoms with van der Waals surface area (Å²) in [5.74, 6) is 1.17. The largest absolute Gasteiger partial charge is 0.496 e. The average molecular weight is 488 g/mol. The fourth-order valence-corrected chi connectivity index (χ4v) is 3.99. The minimum absolute atomic E-state index is 0.287. The van der Waals surface area contributed by atoms with Crippen molar-refractivity contribution in [2.45, 2.75) is 52.6 Å². The number of benzene rings is 1. The van der Waals surface area contributed by atoms with E-state index in [0.29, 0.717) is 30.9 Å². The predicted molar refractivity (Wildman–Crippen MR) is 117 cm³/mol. The van der Waals surface area contributed by atoms with Crippen molar-refractivity contribution in [3.05, 3.63) is 33.9 Å². The monoisotopic (exact) mass is 488 g/mol. The third kappa shape index (κ3) is 4.82. The number of cyclic esters (lactones) is 1. The lowest BCUT2D eigenvalue weighted by molar-refractivity contribution is 0.0532. The molecule has 0 amide bonds. The van der Waals surface area contributed by atoms with E-state index in [4.69, 9.17) is 14.2 Å². The molecule has 1 aliphatic rings. The molecule has 0 unspecified atom stereocenters. The molecule has 0 aromatic heterocycles. The van der Waals surface area contributed by atoms with Crippen LogP contribution in [0.2, 0.25) is 25.7 Å². The summed E-state index contributed by atoms with van der Waals surface area (Å²) < 4.78 is 18.2. The van der Waals surface area contributed by atoms with E-state index in [1.807, 2.05) is 6.92 Å². The molecule has 0 spiro atoms. The van der Waals surface area contributed by atoms with Gasteiger partial charge in [-0.25, -0.2) is 4.79 Å². The first-order chi connectivity index (χ1) is 12.2. The number of fused-ring (bicyclic) bond motifs is 1. The molecule has 0 aliphatic carbocycles. The number of rotatable bonds is 8. The molecule has 6 heteroatoms. The van der Waals surface area contributed by atoms with E-state index in [1.165, 1.54) is 5.57 Å². The normalized spacial score (nSPS) is 14.3. The quantitative estimate of drug-likeness (QED) is 0.164. The fourth-order valence-electron chi connectivity index (χ4n) is 2.96. The standard InChI is InChI=1S/C20H29IO4Si/c1-13(11-21)7-8-15-18(23-3)14(2)16-12-25-20(22)17(16)19(15)24-9-10-26(4,5)6/h7H,8-12H2,1-6H3/b13-7+. The molecule has 0 fully saturated rings. The van der Waals surface area contributed by atoms with Crippen LogP contribution in [0.25, 0.3) is 0 Å². The van der Waals surface area contributed by atoms with E-state index in [-0.39, 0.29) is 5.97 Å². The number of hydrogen-bond donors (Lipinski definition) is 0. The van der Waals surface area contributed by atoms with Gasteiger partial charge in [0.1, 0.15) is 23.7 Å². The second kappa shape index (κ2) is 8.78. The molecule has 1 aromatic rings. The Hall–Kier alpha value is -1.02. The highest BCUT2D eigenvalue weighted by Crippen LogP contribution is 2.43. The Morgan fingerprint density at radius 2 is 2.00 bits per heavy atom. The molecule has 0 bridgehead atoms. The van der Waals surface area contributed by atoms with Gasteiger partial charge in [-0.05, 0) is 31.9 Å². The summed E-state index contributed by atoms with van der Waals surface area (Å²) in [6.07, 6.45) is 2.86. The molecule has 0 N–H and O–H groups in total. The van der Waals surface area contributed by atoms with Crippen molar-refractivity contribution in [2.75, 3.05) is 18.1 Å². The Kier molecular flexibility index (Phi) is 7.18. The van der Waals surface area contributed by atoms with E-state index in [0.717, 1.165) is 32.9 Å². The highest BCUT2D eigenvalue weighted by molar-refractivity contribution is 14.1. The summed E-state index contributed by atoms with van der Waals surface area (Å²) in [4.78, 5) is 12.4. The molecule has 0 saturated heterocycles. The summed E-state index contributed by atoms with van der Waals surface area (Å²) in [5, 5.41) is 0. The van der Waals surface area contributed by atoms with Gasteiger partial charge in [-0.2, -0.15) is 0 Å². The second-order valence-corrected chi connectivity index (χ2v) is 14.3. The number of esters is 1. The molecule has 0 saturated carbocycles. The Balaban J connectivity index is 2.53. The van der Waals surface area contributed by atoms with Crippen molar-refractivity contribution in [3.8, 4) is 11.5 Å². The maximum absolute atomic E-state index is 12.4. The first-order valence-corrected chi connectivity index (χ1v) is 14.2. The minimum atomic E-state index is -1.23. The van der Waals surface area contributed by atoms with E-state index >= 15 is 0 Å². The van der Waals surface area contributed by atoms with Gasteiger partial charge < -0.3 is 14.2 Å². The molecule has 144 valence electrons. The third-order valence-corrected chi connectivity index (χ3v) is 7.50. The molecule has 4 nitrogen and oxygen atoms in total. The van der Waals surface area contributed by atoms with Crippen LogP contribution in [0.1, 0.15) is 34.0 Å². The van der Waals surface area contributed by atoms with Crippen LogP contribution in [0.4, 0.5) is 0 Å². The van der Waals surface area contributed by atoms with Crippen LogP contribution in [0.15, 0.2) is 11.6 Å². The molecule has 0 radical (unpaired) electrons. The van der Waals surface area contributed by atoms with Crippen LogP contribution >= 0.6 is 22.6 Å². The lowest BCUT2D eigenvalue weighted by Crippen LogP contribution is -2.23. The van der Waals surface area contributed by atoms with Gasteiger partial charge in [-0.1, -0.05) is 53.9 Å². The first kappa shape index (κ1) is 21.3. The van der Waals surface area contributed by atoms with Gasteiger partial charge in [0.25, 0.3) is 0 Å². The van der Waals surface area contributed by atoms with Crippen molar-refractivity contribution >= 4 is 36.6 Å². The Labute approximate surface area is 171 Å². The fraction of sp³-hybridized carbons (Fsp3) is 0.550. The molecule has 0 atom stereocenters. The number of methoxy groups -OCH3 is 1. The van der Waals surface area contributed by atoms with Crippen LogP contribution < -0.4 is 9.47 Å². The van der Waals surface area contributed by atoms with E-state index in [2.05, 4.69) is 55.2 Å². The van der Waals surface area contributed by atoms with Gasteiger partial charge in [-0.15, -0.1) is 0 Å². The van der Waals surface area contributed by atoms with Crippen molar-refractivity contribution in [1.82, 2.24) is 0 Å². The van der Waals surface area contributed by atoms with Crippen molar-refractivity contribution in [1.29, 1.82) is 0 Å². The lowest BCUT2D eigenvalue weighted by Gasteiger charge is -2.21. The molecule has 26 heavy (non-hydrogen) atoms. The van der Waals surface area contributed by atoms with E-state index in [1.54, 1.807) is 7.11 Å². The number of carbonyl (C=O) groups excluding carboxylic acids is 1. The second-order valence-electron chi connectivity index (χ2n) is 7.94. The maximum Gasteiger partial charge on any atom is 0.342 e. The Bertz CT molecular complexity index is 720. The molecule has 2 rings (SSSR count). The molecule has 1 heterocycles. The number of allylic oxidation sites excluding steroid dienone is 2. The van der Waals surface area contributed by atoms with Crippen LogP contribution in [-0.2, 0) is 17.8 Å². The van der Waals surface area contributed by atoms with Crippen LogP contribution in [0, 0.1) is 6.92 Å². The SMILES string of the molecule is COc1c(C)c2c(c(OCC[Si](C)(C)C)c1C/C=C(\C)CI)C(=O)OC2. The van der Waals surface area contributed by atoms with Gasteiger partial charge in [0.2, 0.25) is 0 Å². The Morgan fingerprint density at radius 3 is 2.58 bits per heavy atom. The van der Waals surface area contributed by atoms with Crippen LogP contribution in [-0.4, -0.2) is 32.2 Å². The summed E-state index contributed by atoms with van der Waals surface area (Å²) in [6, 6.07) is 1.04. The van der Waals surface area contributed by atoms with Gasteiger partial charge >= 0.3 is 5.97 Å². The van der Waals surface area contributed by atoms with E-state index in [9.17, 15) is 4.79 Å². The molecular weight excluding hydrogens is 459 g/mol. The summed E-state index contributed by atoms with van der Waals surface area (Å²) >= 11 is 2.35. The smallest absolute Gasteiger partial charge is 0.342 e. The number of carbonyl (C=O) groups is 1. The highest BCUT2D eigenvalue weighted by atomic mass is 127. The zero-order chi connectivity index (χ0) is 19.5. The number of halogens is 1. The number of hydrogen-bond acceptors (Lipinski definition) is 4. The van der Waals surface area contributed by atoms with Crippen molar-refractivity contribution in [2.24, 2.45) is 0 Å². The summed E-state index contributed by atoms with van der Waals surface area (Å²) in [7, 11) is 0.446. The summed E-state index contributed by atoms with van der Waals surface area (Å²) in [6.45, 7) is 12.0. The average Bonchev–Trinajstić information content (AvgIpc) is 2.96. The van der Waals surface area contributed by atoms with Crippen LogP contribution in [0.3, 0.4) is 0 Å². The van der Waals surface area contributed by atoms with Gasteiger partial charge in [0.05, 0.1) is 13.7 Å². The van der Waals surface area contributed by atoms with Crippen LogP contribution in [0.5, 0.6) is 11.5 Å². The minimum Gasteiger partial charge on any atom is -0.496 e. The number of alkyl halides is 1. The first-order valence-electron chi connectivity index (χ1n) is 8.93. The molecule has 1 aliphatic heterocycles. The van der Waals surface area contributed by atoms with E-state index < -0.39 is 8.07 Å². The topological polar surface area (TPSA) is 44.8 Å². The third-order valence-electron chi connectivity index (χ3n) is 4.59. The zero-order valence-corrected chi connectivity index (χ0v) is 19.8. The van der Waals surface area contributed by atoms with Crippen molar-refractivity contribution < 1.29 is 19.0 Å². The van der Waals surface area contributed by atoms with Crippen molar-refractivity contribution in [3.63, 3.8) is 0 Å². The molecule has 1 aromatic carbocycles. The van der Waals surface area contributed by atoms with Gasteiger partial charge in [0, 0.05) is 23.6 Å². The predicted octanol–water partition coefficient (Wildman–Crippen LogP) is 5.31. The number of ether oxygens (including phenoxy) is 3.